The van der Waals surface area contributed by atoms with Crippen molar-refractivity contribution in [2.75, 3.05) is 6.54 Å². The second-order valence-electron chi connectivity index (χ2n) is 5.06. The van der Waals surface area contributed by atoms with Crippen LogP contribution in [0, 0.1) is 5.92 Å². The Hall–Kier alpha value is -0.870. The topological polar surface area (TPSA) is 52.3 Å². The lowest BCUT2D eigenvalue weighted by molar-refractivity contribution is -0.145. The summed E-state index contributed by atoms with van der Waals surface area (Å²) in [5, 5.41) is 0. The van der Waals surface area contributed by atoms with Gasteiger partial charge in [0.1, 0.15) is 6.61 Å². The molecular formula is C16H24BrNO2. The number of ether oxygens (including phenoxy) is 1. The van der Waals surface area contributed by atoms with Gasteiger partial charge in [0.15, 0.2) is 0 Å². The predicted octanol–water partition coefficient (Wildman–Crippen LogP) is 4.04. The highest BCUT2D eigenvalue weighted by Gasteiger charge is 2.11. The van der Waals surface area contributed by atoms with E-state index in [2.05, 4.69) is 22.9 Å². The Bertz CT molecular complexity index is 403. The van der Waals surface area contributed by atoms with Gasteiger partial charge in [-0.3, -0.25) is 4.79 Å². The first-order chi connectivity index (χ1) is 9.65. The van der Waals surface area contributed by atoms with E-state index in [1.807, 2.05) is 24.3 Å². The molecule has 0 amide bonds. The highest BCUT2D eigenvalue weighted by Crippen LogP contribution is 2.18. The van der Waals surface area contributed by atoms with E-state index in [0.29, 0.717) is 25.5 Å². The minimum Gasteiger partial charge on any atom is -0.461 e. The summed E-state index contributed by atoms with van der Waals surface area (Å²) in [6.45, 7) is 3.19. The second kappa shape index (κ2) is 9.94. The SMILES string of the molecule is CCCC(CCN)CCC(=O)OCc1cccc(Br)c1. The highest BCUT2D eigenvalue weighted by atomic mass is 79.9. The lowest BCUT2D eigenvalue weighted by Gasteiger charge is -2.14. The average molecular weight is 342 g/mol. The molecule has 1 rings (SSSR count). The maximum Gasteiger partial charge on any atom is 0.306 e. The number of halogens is 1. The van der Waals surface area contributed by atoms with Crippen molar-refractivity contribution >= 4 is 21.9 Å². The molecule has 20 heavy (non-hydrogen) atoms. The van der Waals surface area contributed by atoms with Crippen LogP contribution in [0.3, 0.4) is 0 Å². The van der Waals surface area contributed by atoms with Gasteiger partial charge < -0.3 is 10.5 Å². The monoisotopic (exact) mass is 341 g/mol. The zero-order valence-electron chi connectivity index (χ0n) is 12.1. The molecule has 0 aliphatic heterocycles. The van der Waals surface area contributed by atoms with Crippen LogP contribution in [0.25, 0.3) is 0 Å². The van der Waals surface area contributed by atoms with Crippen LogP contribution < -0.4 is 5.73 Å². The molecule has 1 atom stereocenters. The quantitative estimate of drug-likeness (QED) is 0.689. The van der Waals surface area contributed by atoms with E-state index in [9.17, 15) is 4.79 Å². The fourth-order valence-electron chi connectivity index (χ4n) is 2.26. The number of nitrogens with two attached hydrogens (primary N) is 1. The summed E-state index contributed by atoms with van der Waals surface area (Å²) in [5.41, 5.74) is 6.59. The van der Waals surface area contributed by atoms with E-state index >= 15 is 0 Å². The first-order valence-electron chi connectivity index (χ1n) is 7.25. The van der Waals surface area contributed by atoms with E-state index in [-0.39, 0.29) is 5.97 Å². The van der Waals surface area contributed by atoms with Crippen molar-refractivity contribution in [3.05, 3.63) is 34.3 Å². The van der Waals surface area contributed by atoms with Crippen LogP contribution in [0.4, 0.5) is 0 Å². The Kier molecular flexibility index (Phi) is 8.54. The molecule has 0 fully saturated rings. The number of benzene rings is 1. The van der Waals surface area contributed by atoms with Gasteiger partial charge in [-0.15, -0.1) is 0 Å². The minimum atomic E-state index is -0.122. The molecule has 0 saturated carbocycles. The molecule has 2 N–H and O–H groups in total. The standard InChI is InChI=1S/C16H24BrNO2/c1-2-4-13(9-10-18)7-8-16(19)20-12-14-5-3-6-15(17)11-14/h3,5-6,11,13H,2,4,7-10,12,18H2,1H3. The van der Waals surface area contributed by atoms with Crippen LogP contribution in [-0.2, 0) is 16.1 Å². The molecule has 0 aliphatic carbocycles. The first-order valence-corrected chi connectivity index (χ1v) is 8.05. The number of hydrogen-bond acceptors (Lipinski definition) is 3. The lowest BCUT2D eigenvalue weighted by atomic mass is 9.94. The van der Waals surface area contributed by atoms with Crippen molar-refractivity contribution in [1.82, 2.24) is 0 Å². The van der Waals surface area contributed by atoms with Gasteiger partial charge in [0.25, 0.3) is 0 Å². The highest BCUT2D eigenvalue weighted by molar-refractivity contribution is 9.10. The fraction of sp³-hybridized carbons (Fsp3) is 0.562. The van der Waals surface area contributed by atoms with Crippen LogP contribution in [-0.4, -0.2) is 12.5 Å². The zero-order chi connectivity index (χ0) is 14.8. The van der Waals surface area contributed by atoms with Gasteiger partial charge in [0.05, 0.1) is 0 Å². The minimum absolute atomic E-state index is 0.122. The number of esters is 1. The fourth-order valence-corrected chi connectivity index (χ4v) is 2.71. The van der Waals surface area contributed by atoms with Crippen molar-refractivity contribution in [2.24, 2.45) is 11.7 Å². The van der Waals surface area contributed by atoms with Gasteiger partial charge in [0.2, 0.25) is 0 Å². The molecule has 0 saturated heterocycles. The van der Waals surface area contributed by atoms with Crippen molar-refractivity contribution in [1.29, 1.82) is 0 Å². The summed E-state index contributed by atoms with van der Waals surface area (Å²) in [6.07, 6.45) is 4.63. The molecule has 0 heterocycles. The summed E-state index contributed by atoms with van der Waals surface area (Å²) in [7, 11) is 0. The lowest BCUT2D eigenvalue weighted by Crippen LogP contribution is -2.12. The van der Waals surface area contributed by atoms with Crippen molar-refractivity contribution in [2.45, 2.75) is 45.6 Å². The number of hydrogen-bond donors (Lipinski definition) is 1. The van der Waals surface area contributed by atoms with E-state index in [4.69, 9.17) is 10.5 Å². The third kappa shape index (κ3) is 7.06. The van der Waals surface area contributed by atoms with Crippen LogP contribution in [0.5, 0.6) is 0 Å². The third-order valence-corrected chi connectivity index (χ3v) is 3.81. The molecule has 3 nitrogen and oxygen atoms in total. The molecule has 0 bridgehead atoms. The molecule has 1 unspecified atom stereocenters. The van der Waals surface area contributed by atoms with Crippen LogP contribution in [0.15, 0.2) is 28.7 Å². The van der Waals surface area contributed by atoms with Crippen LogP contribution >= 0.6 is 15.9 Å². The first kappa shape index (κ1) is 17.2. The third-order valence-electron chi connectivity index (χ3n) is 3.32. The van der Waals surface area contributed by atoms with E-state index < -0.39 is 0 Å². The Balaban J connectivity index is 2.29. The Morgan fingerprint density at radius 3 is 2.80 bits per heavy atom. The van der Waals surface area contributed by atoms with Gasteiger partial charge in [-0.1, -0.05) is 47.8 Å². The summed E-state index contributed by atoms with van der Waals surface area (Å²) in [6, 6.07) is 7.80. The molecule has 0 aliphatic rings. The Labute approximate surface area is 130 Å². The average Bonchev–Trinajstić information content (AvgIpc) is 2.43. The van der Waals surface area contributed by atoms with Gasteiger partial charge in [0, 0.05) is 10.9 Å². The predicted molar refractivity (Wildman–Crippen MR) is 85.2 cm³/mol. The Morgan fingerprint density at radius 2 is 2.15 bits per heavy atom. The normalized spacial score (nSPS) is 12.2. The van der Waals surface area contributed by atoms with E-state index in [0.717, 1.165) is 35.7 Å². The Morgan fingerprint density at radius 1 is 1.35 bits per heavy atom. The molecule has 1 aromatic rings. The van der Waals surface area contributed by atoms with Gasteiger partial charge >= 0.3 is 5.97 Å². The number of carbonyl (C=O) groups excluding carboxylic acids is 1. The van der Waals surface area contributed by atoms with Crippen molar-refractivity contribution in [3.63, 3.8) is 0 Å². The maximum atomic E-state index is 11.7. The molecule has 0 radical (unpaired) electrons. The summed E-state index contributed by atoms with van der Waals surface area (Å²) >= 11 is 3.40. The summed E-state index contributed by atoms with van der Waals surface area (Å²) in [4.78, 5) is 11.7. The van der Waals surface area contributed by atoms with E-state index in [1.165, 1.54) is 0 Å². The molecule has 112 valence electrons. The van der Waals surface area contributed by atoms with Crippen molar-refractivity contribution in [3.8, 4) is 0 Å². The van der Waals surface area contributed by atoms with Crippen LogP contribution in [0.1, 0.15) is 44.6 Å². The van der Waals surface area contributed by atoms with Crippen LogP contribution in [0.2, 0.25) is 0 Å². The summed E-state index contributed by atoms with van der Waals surface area (Å²) in [5.74, 6) is 0.423. The van der Waals surface area contributed by atoms with Gasteiger partial charge in [-0.2, -0.15) is 0 Å². The van der Waals surface area contributed by atoms with Crippen molar-refractivity contribution < 1.29 is 9.53 Å². The molecule has 0 aromatic heterocycles. The molecule has 0 spiro atoms. The largest absolute Gasteiger partial charge is 0.461 e. The molecule has 4 heteroatoms. The molecule has 1 aromatic carbocycles. The zero-order valence-corrected chi connectivity index (χ0v) is 13.7. The summed E-state index contributed by atoms with van der Waals surface area (Å²) < 4.78 is 6.30. The maximum absolute atomic E-state index is 11.7. The second-order valence-corrected chi connectivity index (χ2v) is 5.98. The van der Waals surface area contributed by atoms with E-state index in [1.54, 1.807) is 0 Å². The molecular weight excluding hydrogens is 318 g/mol. The number of carbonyl (C=O) groups is 1. The van der Waals surface area contributed by atoms with Gasteiger partial charge in [-0.05, 0) is 43.0 Å². The number of rotatable bonds is 9. The smallest absolute Gasteiger partial charge is 0.306 e. The van der Waals surface area contributed by atoms with Gasteiger partial charge in [-0.25, -0.2) is 0 Å².